The highest BCUT2D eigenvalue weighted by Crippen LogP contribution is 2.32. The number of carbonyl (C=O) groups is 1. The van der Waals surface area contributed by atoms with E-state index in [9.17, 15) is 4.79 Å². The van der Waals surface area contributed by atoms with Gasteiger partial charge in [-0.3, -0.25) is 4.79 Å². The number of methoxy groups -OCH3 is 2. The van der Waals surface area contributed by atoms with Gasteiger partial charge in [-0.1, -0.05) is 24.3 Å². The maximum atomic E-state index is 13.3. The Bertz CT molecular complexity index is 1410. The summed E-state index contributed by atoms with van der Waals surface area (Å²) in [6, 6.07) is 20.7. The van der Waals surface area contributed by atoms with Crippen molar-refractivity contribution in [2.75, 3.05) is 39.3 Å². The number of aromatic nitrogens is 1. The smallest absolute Gasteiger partial charge is 0.252 e. The van der Waals surface area contributed by atoms with E-state index >= 15 is 0 Å². The molecule has 1 amide bonds. The summed E-state index contributed by atoms with van der Waals surface area (Å²) in [5.74, 6) is 3.04. The summed E-state index contributed by atoms with van der Waals surface area (Å²) >= 11 is 0. The summed E-state index contributed by atoms with van der Waals surface area (Å²) in [5.41, 5.74) is 3.07. The lowest BCUT2D eigenvalue weighted by Gasteiger charge is -2.14. The Morgan fingerprint density at radius 3 is 2.32 bits per heavy atom. The summed E-state index contributed by atoms with van der Waals surface area (Å²) in [5, 5.41) is 7.11. The average Bonchev–Trinajstić information content (AvgIpc) is 2.94. The lowest BCUT2D eigenvalue weighted by molar-refractivity contribution is 0.0955. The summed E-state index contributed by atoms with van der Waals surface area (Å²) in [7, 11) is 3.18. The molecule has 0 saturated carbocycles. The first-order valence-electron chi connectivity index (χ1n) is 12.6. The van der Waals surface area contributed by atoms with Crippen molar-refractivity contribution >= 4 is 28.3 Å². The summed E-state index contributed by atoms with van der Waals surface area (Å²) in [6.07, 6.45) is 0.651. The second kappa shape index (κ2) is 12.7. The van der Waals surface area contributed by atoms with Crippen molar-refractivity contribution in [1.82, 2.24) is 10.3 Å². The standard InChI is InChI=1S/C30H33N3O5/c1-5-37-26-13-11-20(17-28(26)38-6-2)15-16-31-30(34)23-19-29(33-24-10-8-7-9-22(23)24)32-21-12-14-25(35-3)27(18-21)36-4/h7-14,17-19H,5-6,15-16H2,1-4H3,(H,31,34)(H,32,33). The molecule has 4 aromatic rings. The minimum absolute atomic E-state index is 0.171. The Kier molecular flexibility index (Phi) is 8.87. The predicted molar refractivity (Wildman–Crippen MR) is 149 cm³/mol. The Morgan fingerprint density at radius 2 is 1.55 bits per heavy atom. The number of anilines is 2. The van der Waals surface area contributed by atoms with Gasteiger partial charge in [-0.25, -0.2) is 4.98 Å². The number of rotatable bonds is 12. The molecule has 0 radical (unpaired) electrons. The van der Waals surface area contributed by atoms with Crippen molar-refractivity contribution in [3.05, 3.63) is 77.9 Å². The molecular formula is C30H33N3O5. The number of nitrogens with one attached hydrogen (secondary N) is 2. The zero-order valence-corrected chi connectivity index (χ0v) is 22.2. The molecule has 0 aliphatic carbocycles. The van der Waals surface area contributed by atoms with Gasteiger partial charge in [0, 0.05) is 23.7 Å². The van der Waals surface area contributed by atoms with Crippen molar-refractivity contribution < 1.29 is 23.7 Å². The van der Waals surface area contributed by atoms with Crippen LogP contribution in [-0.4, -0.2) is 44.9 Å². The van der Waals surface area contributed by atoms with E-state index in [1.54, 1.807) is 20.3 Å². The fourth-order valence-corrected chi connectivity index (χ4v) is 4.16. The van der Waals surface area contributed by atoms with Gasteiger partial charge in [0.05, 0.1) is 38.5 Å². The van der Waals surface area contributed by atoms with E-state index in [1.807, 2.05) is 74.5 Å². The van der Waals surface area contributed by atoms with Crippen LogP contribution >= 0.6 is 0 Å². The molecule has 0 aliphatic heterocycles. The molecule has 0 atom stereocenters. The summed E-state index contributed by atoms with van der Waals surface area (Å²) < 4.78 is 22.1. The fourth-order valence-electron chi connectivity index (χ4n) is 4.16. The third-order valence-electron chi connectivity index (χ3n) is 5.92. The van der Waals surface area contributed by atoms with E-state index in [0.717, 1.165) is 27.9 Å². The first kappa shape index (κ1) is 26.6. The van der Waals surface area contributed by atoms with Crippen LogP contribution in [0.5, 0.6) is 23.0 Å². The number of hydrogen-bond acceptors (Lipinski definition) is 7. The Hall–Kier alpha value is -4.46. The molecule has 198 valence electrons. The van der Waals surface area contributed by atoms with Crippen molar-refractivity contribution in [3.8, 4) is 23.0 Å². The normalized spacial score (nSPS) is 10.6. The molecule has 0 saturated heterocycles. The van der Waals surface area contributed by atoms with E-state index in [0.29, 0.717) is 54.8 Å². The van der Waals surface area contributed by atoms with Gasteiger partial charge in [0.1, 0.15) is 5.82 Å². The van der Waals surface area contributed by atoms with E-state index < -0.39 is 0 Å². The monoisotopic (exact) mass is 515 g/mol. The number of ether oxygens (including phenoxy) is 4. The molecule has 0 bridgehead atoms. The Morgan fingerprint density at radius 1 is 0.816 bits per heavy atom. The summed E-state index contributed by atoms with van der Waals surface area (Å²) in [4.78, 5) is 18.0. The average molecular weight is 516 g/mol. The number of pyridine rings is 1. The van der Waals surface area contributed by atoms with Crippen LogP contribution < -0.4 is 29.6 Å². The Labute approximate surface area is 222 Å². The molecule has 0 aliphatic rings. The molecule has 0 fully saturated rings. The molecule has 38 heavy (non-hydrogen) atoms. The van der Waals surface area contributed by atoms with Crippen molar-refractivity contribution in [2.24, 2.45) is 0 Å². The topological polar surface area (TPSA) is 90.9 Å². The van der Waals surface area contributed by atoms with Gasteiger partial charge in [0.25, 0.3) is 5.91 Å². The van der Waals surface area contributed by atoms with Gasteiger partial charge in [-0.05, 0) is 62.2 Å². The number of amides is 1. The molecule has 4 rings (SSSR count). The molecule has 0 unspecified atom stereocenters. The van der Waals surface area contributed by atoms with Crippen LogP contribution in [0.4, 0.5) is 11.5 Å². The van der Waals surface area contributed by atoms with E-state index in [4.69, 9.17) is 23.9 Å². The number of hydrogen-bond donors (Lipinski definition) is 2. The zero-order chi connectivity index (χ0) is 26.9. The molecule has 8 nitrogen and oxygen atoms in total. The van der Waals surface area contributed by atoms with Gasteiger partial charge >= 0.3 is 0 Å². The highest BCUT2D eigenvalue weighted by Gasteiger charge is 2.14. The second-order valence-corrected chi connectivity index (χ2v) is 8.42. The molecular weight excluding hydrogens is 482 g/mol. The van der Waals surface area contributed by atoms with Crippen LogP contribution in [0.2, 0.25) is 0 Å². The fraction of sp³-hybridized carbons (Fsp3) is 0.267. The lowest BCUT2D eigenvalue weighted by atomic mass is 10.1. The van der Waals surface area contributed by atoms with Crippen LogP contribution in [-0.2, 0) is 6.42 Å². The van der Waals surface area contributed by atoms with Gasteiger partial charge in [0.15, 0.2) is 23.0 Å². The third kappa shape index (κ3) is 6.26. The molecule has 1 heterocycles. The van der Waals surface area contributed by atoms with E-state index in [-0.39, 0.29) is 5.91 Å². The SMILES string of the molecule is CCOc1ccc(CCNC(=O)c2cc(Nc3ccc(OC)c(OC)c3)nc3ccccc23)cc1OCC. The van der Waals surface area contributed by atoms with Crippen LogP contribution in [0.15, 0.2) is 66.7 Å². The quantitative estimate of drug-likeness (QED) is 0.248. The van der Waals surface area contributed by atoms with E-state index in [1.165, 1.54) is 0 Å². The number of carbonyl (C=O) groups excluding carboxylic acids is 1. The predicted octanol–water partition coefficient (Wildman–Crippen LogP) is 5.77. The van der Waals surface area contributed by atoms with Crippen LogP contribution in [0, 0.1) is 0 Å². The first-order valence-corrected chi connectivity index (χ1v) is 12.6. The maximum Gasteiger partial charge on any atom is 0.252 e. The van der Waals surface area contributed by atoms with Crippen molar-refractivity contribution in [1.29, 1.82) is 0 Å². The molecule has 3 aromatic carbocycles. The van der Waals surface area contributed by atoms with Gasteiger partial charge in [-0.2, -0.15) is 0 Å². The lowest BCUT2D eigenvalue weighted by Crippen LogP contribution is -2.26. The van der Waals surface area contributed by atoms with Crippen LogP contribution in [0.25, 0.3) is 10.9 Å². The van der Waals surface area contributed by atoms with Crippen molar-refractivity contribution in [3.63, 3.8) is 0 Å². The minimum atomic E-state index is -0.171. The number of benzene rings is 3. The zero-order valence-electron chi connectivity index (χ0n) is 22.2. The first-order chi connectivity index (χ1) is 18.6. The highest BCUT2D eigenvalue weighted by molar-refractivity contribution is 6.07. The van der Waals surface area contributed by atoms with E-state index in [2.05, 4.69) is 10.6 Å². The number of fused-ring (bicyclic) bond motifs is 1. The largest absolute Gasteiger partial charge is 0.493 e. The molecule has 0 spiro atoms. The maximum absolute atomic E-state index is 13.3. The minimum Gasteiger partial charge on any atom is -0.493 e. The van der Waals surface area contributed by atoms with Gasteiger partial charge in [0.2, 0.25) is 0 Å². The van der Waals surface area contributed by atoms with Crippen LogP contribution in [0.1, 0.15) is 29.8 Å². The third-order valence-corrected chi connectivity index (χ3v) is 5.92. The van der Waals surface area contributed by atoms with Crippen LogP contribution in [0.3, 0.4) is 0 Å². The Balaban J connectivity index is 1.51. The summed E-state index contributed by atoms with van der Waals surface area (Å²) in [6.45, 7) is 5.47. The van der Waals surface area contributed by atoms with Gasteiger partial charge < -0.3 is 29.6 Å². The molecule has 1 aromatic heterocycles. The molecule has 2 N–H and O–H groups in total. The molecule has 8 heteroatoms. The number of para-hydroxylation sites is 1. The highest BCUT2D eigenvalue weighted by atomic mass is 16.5. The van der Waals surface area contributed by atoms with Crippen molar-refractivity contribution in [2.45, 2.75) is 20.3 Å². The van der Waals surface area contributed by atoms with Gasteiger partial charge in [-0.15, -0.1) is 0 Å². The second-order valence-electron chi connectivity index (χ2n) is 8.42. The number of nitrogens with zero attached hydrogens (tertiary/aromatic N) is 1.